The quantitative estimate of drug-likeness (QED) is 0.868. The Morgan fingerprint density at radius 1 is 1.39 bits per heavy atom. The zero-order chi connectivity index (χ0) is 13.0. The SMILES string of the molecule is CCOCC(=O)N1CC(=O)Nc2ccccc2C1. The zero-order valence-electron chi connectivity index (χ0n) is 10.3. The van der Waals surface area contributed by atoms with Gasteiger partial charge in [0.05, 0.1) is 0 Å². The second kappa shape index (κ2) is 5.64. The minimum absolute atomic E-state index is 0.0198. The molecule has 18 heavy (non-hydrogen) atoms. The fourth-order valence-corrected chi connectivity index (χ4v) is 1.86. The first-order chi connectivity index (χ1) is 8.70. The summed E-state index contributed by atoms with van der Waals surface area (Å²) in [7, 11) is 0. The van der Waals surface area contributed by atoms with Crippen LogP contribution in [0.5, 0.6) is 0 Å². The molecule has 1 aromatic carbocycles. The Hall–Kier alpha value is -1.88. The number of hydrogen-bond donors (Lipinski definition) is 1. The fourth-order valence-electron chi connectivity index (χ4n) is 1.86. The number of carbonyl (C=O) groups excluding carboxylic acids is 2. The Morgan fingerprint density at radius 2 is 2.17 bits per heavy atom. The lowest BCUT2D eigenvalue weighted by Gasteiger charge is -2.19. The number of fused-ring (bicyclic) bond motifs is 1. The average molecular weight is 248 g/mol. The highest BCUT2D eigenvalue weighted by molar-refractivity contribution is 5.96. The summed E-state index contributed by atoms with van der Waals surface area (Å²) >= 11 is 0. The van der Waals surface area contributed by atoms with Gasteiger partial charge in [0.15, 0.2) is 0 Å². The van der Waals surface area contributed by atoms with Gasteiger partial charge in [-0.3, -0.25) is 9.59 Å². The van der Waals surface area contributed by atoms with Gasteiger partial charge in [-0.05, 0) is 18.6 Å². The molecule has 0 aromatic heterocycles. The molecule has 2 amide bonds. The molecule has 1 heterocycles. The molecule has 0 unspecified atom stereocenters. The summed E-state index contributed by atoms with van der Waals surface area (Å²) in [5.74, 6) is -0.339. The van der Waals surface area contributed by atoms with Crippen LogP contribution in [0, 0.1) is 0 Å². The highest BCUT2D eigenvalue weighted by atomic mass is 16.5. The van der Waals surface area contributed by atoms with Gasteiger partial charge in [0.1, 0.15) is 13.2 Å². The Morgan fingerprint density at radius 3 is 2.94 bits per heavy atom. The van der Waals surface area contributed by atoms with E-state index < -0.39 is 0 Å². The largest absolute Gasteiger partial charge is 0.372 e. The number of rotatable bonds is 3. The number of amides is 2. The third kappa shape index (κ3) is 2.87. The van der Waals surface area contributed by atoms with Crippen LogP contribution in [0.4, 0.5) is 5.69 Å². The number of nitrogens with one attached hydrogen (secondary N) is 1. The molecule has 0 radical (unpaired) electrons. The van der Waals surface area contributed by atoms with Gasteiger partial charge in [-0.1, -0.05) is 18.2 Å². The normalized spacial score (nSPS) is 14.7. The van der Waals surface area contributed by atoms with Crippen molar-refractivity contribution in [1.29, 1.82) is 0 Å². The van der Waals surface area contributed by atoms with Gasteiger partial charge in [0, 0.05) is 18.8 Å². The number of ether oxygens (including phenoxy) is 1. The molecular formula is C13H16N2O3. The molecule has 1 N–H and O–H groups in total. The molecule has 0 bridgehead atoms. The van der Waals surface area contributed by atoms with Crippen LogP contribution < -0.4 is 5.32 Å². The predicted molar refractivity (Wildman–Crippen MR) is 67.0 cm³/mol. The van der Waals surface area contributed by atoms with Gasteiger partial charge < -0.3 is 15.0 Å². The highest BCUT2D eigenvalue weighted by Gasteiger charge is 2.22. The van der Waals surface area contributed by atoms with Crippen molar-refractivity contribution in [2.24, 2.45) is 0 Å². The van der Waals surface area contributed by atoms with E-state index in [-0.39, 0.29) is 25.0 Å². The van der Waals surface area contributed by atoms with Gasteiger partial charge in [0.2, 0.25) is 11.8 Å². The summed E-state index contributed by atoms with van der Waals surface area (Å²) in [6.07, 6.45) is 0. The summed E-state index contributed by atoms with van der Waals surface area (Å²) in [6.45, 7) is 2.84. The van der Waals surface area contributed by atoms with Gasteiger partial charge in [0.25, 0.3) is 0 Å². The van der Waals surface area contributed by atoms with Crippen molar-refractivity contribution in [3.63, 3.8) is 0 Å². The van der Waals surface area contributed by atoms with Crippen molar-refractivity contribution >= 4 is 17.5 Å². The first-order valence-corrected chi connectivity index (χ1v) is 5.94. The number of nitrogens with zero attached hydrogens (tertiary/aromatic N) is 1. The minimum atomic E-state index is -0.176. The van der Waals surface area contributed by atoms with E-state index in [2.05, 4.69) is 5.32 Å². The number of hydrogen-bond acceptors (Lipinski definition) is 3. The molecule has 0 fully saturated rings. The maximum absolute atomic E-state index is 11.9. The van der Waals surface area contributed by atoms with Gasteiger partial charge in [-0.25, -0.2) is 0 Å². The summed E-state index contributed by atoms with van der Waals surface area (Å²) < 4.78 is 5.09. The molecule has 0 saturated heterocycles. The molecule has 0 atom stereocenters. The molecule has 5 nitrogen and oxygen atoms in total. The zero-order valence-corrected chi connectivity index (χ0v) is 10.3. The summed E-state index contributed by atoms with van der Waals surface area (Å²) in [4.78, 5) is 25.1. The average Bonchev–Trinajstić information content (AvgIpc) is 2.53. The maximum atomic E-state index is 11.9. The van der Waals surface area contributed by atoms with E-state index in [0.29, 0.717) is 13.2 Å². The Kier molecular flexibility index (Phi) is 3.94. The van der Waals surface area contributed by atoms with Crippen LogP contribution in [0.3, 0.4) is 0 Å². The Labute approximate surface area is 106 Å². The molecule has 96 valence electrons. The molecule has 1 aromatic rings. The number of anilines is 1. The van der Waals surface area contributed by atoms with Crippen LogP contribution in [-0.2, 0) is 20.9 Å². The number of carbonyl (C=O) groups is 2. The molecule has 0 saturated carbocycles. The van der Waals surface area contributed by atoms with Gasteiger partial charge >= 0.3 is 0 Å². The third-order valence-corrected chi connectivity index (χ3v) is 2.77. The smallest absolute Gasteiger partial charge is 0.249 e. The minimum Gasteiger partial charge on any atom is -0.372 e. The highest BCUT2D eigenvalue weighted by Crippen LogP contribution is 2.20. The van der Waals surface area contributed by atoms with Crippen LogP contribution in [0.1, 0.15) is 12.5 Å². The lowest BCUT2D eigenvalue weighted by Crippen LogP contribution is -2.37. The van der Waals surface area contributed by atoms with E-state index in [1.54, 1.807) is 0 Å². The van der Waals surface area contributed by atoms with E-state index in [4.69, 9.17) is 4.74 Å². The van der Waals surface area contributed by atoms with Crippen molar-refractivity contribution < 1.29 is 14.3 Å². The van der Waals surface area contributed by atoms with E-state index in [0.717, 1.165) is 11.3 Å². The van der Waals surface area contributed by atoms with E-state index >= 15 is 0 Å². The predicted octanol–water partition coefficient (Wildman–Crippen LogP) is 1.00. The number of benzene rings is 1. The molecule has 0 aliphatic carbocycles. The van der Waals surface area contributed by atoms with E-state index in [1.165, 1.54) is 4.90 Å². The lowest BCUT2D eigenvalue weighted by atomic mass is 10.2. The van der Waals surface area contributed by atoms with Gasteiger partial charge in [-0.2, -0.15) is 0 Å². The lowest BCUT2D eigenvalue weighted by molar-refractivity contribution is -0.139. The molecule has 1 aliphatic rings. The van der Waals surface area contributed by atoms with Crippen molar-refractivity contribution in [3.05, 3.63) is 29.8 Å². The van der Waals surface area contributed by atoms with Crippen molar-refractivity contribution in [2.45, 2.75) is 13.5 Å². The molecule has 0 spiro atoms. The Bertz CT molecular complexity index is 459. The third-order valence-electron chi connectivity index (χ3n) is 2.77. The summed E-state index contributed by atoms with van der Waals surface area (Å²) in [6, 6.07) is 7.49. The second-order valence-corrected chi connectivity index (χ2v) is 4.09. The molecule has 2 rings (SSSR count). The fraction of sp³-hybridized carbons (Fsp3) is 0.385. The molecule has 1 aliphatic heterocycles. The molecule has 5 heteroatoms. The van der Waals surface area contributed by atoms with Crippen molar-refractivity contribution in [3.8, 4) is 0 Å². The van der Waals surface area contributed by atoms with Crippen molar-refractivity contribution in [1.82, 2.24) is 4.90 Å². The standard InChI is InChI=1S/C13H16N2O3/c1-2-18-9-13(17)15-7-10-5-3-4-6-11(10)14-12(16)8-15/h3-6H,2,7-9H2,1H3,(H,14,16). The maximum Gasteiger partial charge on any atom is 0.249 e. The van der Waals surface area contributed by atoms with Crippen LogP contribution in [0.25, 0.3) is 0 Å². The topological polar surface area (TPSA) is 58.6 Å². The van der Waals surface area contributed by atoms with E-state index in [1.807, 2.05) is 31.2 Å². The molecular weight excluding hydrogens is 232 g/mol. The monoisotopic (exact) mass is 248 g/mol. The van der Waals surface area contributed by atoms with Crippen LogP contribution in [-0.4, -0.2) is 36.5 Å². The Balaban J connectivity index is 2.15. The van der Waals surface area contributed by atoms with Crippen molar-refractivity contribution in [2.75, 3.05) is 25.1 Å². The van der Waals surface area contributed by atoms with Crippen LogP contribution >= 0.6 is 0 Å². The number of para-hydroxylation sites is 1. The second-order valence-electron chi connectivity index (χ2n) is 4.09. The first kappa shape index (κ1) is 12.6. The van der Waals surface area contributed by atoms with Gasteiger partial charge in [-0.15, -0.1) is 0 Å². The van der Waals surface area contributed by atoms with Crippen LogP contribution in [0.2, 0.25) is 0 Å². The first-order valence-electron chi connectivity index (χ1n) is 5.94. The summed E-state index contributed by atoms with van der Waals surface area (Å²) in [5.41, 5.74) is 1.71. The van der Waals surface area contributed by atoms with E-state index in [9.17, 15) is 9.59 Å². The summed E-state index contributed by atoms with van der Waals surface area (Å²) in [5, 5.41) is 2.79. The van der Waals surface area contributed by atoms with Crippen LogP contribution in [0.15, 0.2) is 24.3 Å².